The van der Waals surface area contributed by atoms with Gasteiger partial charge in [0.05, 0.1) is 0 Å². The first-order valence-corrected chi connectivity index (χ1v) is 8.86. The Kier molecular flexibility index (Phi) is 5.21. The molecule has 140 valence electrons. The Morgan fingerprint density at radius 3 is 2.11 bits per heavy atom. The van der Waals surface area contributed by atoms with E-state index in [0.29, 0.717) is 22.9 Å². The molecule has 2 aromatic rings. The minimum atomic E-state index is -0.372. The Morgan fingerprint density at radius 1 is 0.963 bits per heavy atom. The fraction of sp³-hybridized carbons (Fsp3) is 0.300. The van der Waals surface area contributed by atoms with Crippen LogP contribution >= 0.6 is 0 Å². The van der Waals surface area contributed by atoms with Gasteiger partial charge in [0.2, 0.25) is 11.8 Å². The highest BCUT2D eigenvalue weighted by molar-refractivity contribution is 6.25. The molecule has 0 spiro atoms. The summed E-state index contributed by atoms with van der Waals surface area (Å²) >= 11 is 0. The van der Waals surface area contributed by atoms with Crippen LogP contribution in [-0.4, -0.2) is 35.1 Å². The highest BCUT2D eigenvalue weighted by atomic mass is 16.2. The van der Waals surface area contributed by atoms with Crippen LogP contribution in [0.5, 0.6) is 0 Å². The second-order valence-electron chi connectivity index (χ2n) is 6.77. The van der Waals surface area contributed by atoms with Gasteiger partial charge in [-0.3, -0.25) is 34.9 Å². The Hall–Kier alpha value is -3.22. The number of rotatable bonds is 5. The minimum Gasteiger partial charge on any atom is -0.274 e. The van der Waals surface area contributed by atoms with Crippen LogP contribution in [0, 0.1) is 5.92 Å². The van der Waals surface area contributed by atoms with Crippen molar-refractivity contribution in [2.24, 2.45) is 5.92 Å². The molecule has 0 atom stereocenters. The molecule has 7 heteroatoms. The minimum absolute atomic E-state index is 0.0846. The molecule has 0 saturated heterocycles. The number of hydrogen-bond donors (Lipinski definition) is 2. The third kappa shape index (κ3) is 3.67. The van der Waals surface area contributed by atoms with E-state index in [4.69, 9.17) is 0 Å². The standard InChI is InChI=1S/C20H21N3O4/c1-12(2)18(25)22-21-16(24)10-5-11-23-19(26)14-8-3-6-13-7-4-9-15(17(13)14)20(23)27/h3-4,6-9,12H,5,10-11H2,1-2H3,(H,21,24)(H,22,25). The monoisotopic (exact) mass is 367 g/mol. The van der Waals surface area contributed by atoms with Crippen molar-refractivity contribution >= 4 is 34.4 Å². The fourth-order valence-electron chi connectivity index (χ4n) is 3.02. The molecule has 27 heavy (non-hydrogen) atoms. The normalized spacial score (nSPS) is 13.2. The lowest BCUT2D eigenvalue weighted by Gasteiger charge is -2.27. The molecule has 2 N–H and O–H groups in total. The van der Waals surface area contributed by atoms with Gasteiger partial charge in [-0.1, -0.05) is 38.1 Å². The quantitative estimate of drug-likeness (QED) is 0.624. The molecule has 0 saturated carbocycles. The first kappa shape index (κ1) is 18.6. The van der Waals surface area contributed by atoms with Gasteiger partial charge >= 0.3 is 0 Å². The van der Waals surface area contributed by atoms with Gasteiger partial charge in [-0.05, 0) is 23.9 Å². The van der Waals surface area contributed by atoms with E-state index in [1.807, 2.05) is 12.1 Å². The number of nitrogens with zero attached hydrogens (tertiary/aromatic N) is 1. The van der Waals surface area contributed by atoms with E-state index in [1.165, 1.54) is 4.90 Å². The van der Waals surface area contributed by atoms with Crippen LogP contribution in [0.3, 0.4) is 0 Å². The number of nitrogens with one attached hydrogen (secondary N) is 2. The summed E-state index contributed by atoms with van der Waals surface area (Å²) in [6.45, 7) is 3.56. The summed E-state index contributed by atoms with van der Waals surface area (Å²) in [6.07, 6.45) is 0.389. The van der Waals surface area contributed by atoms with Crippen LogP contribution in [-0.2, 0) is 9.59 Å². The van der Waals surface area contributed by atoms with E-state index in [0.717, 1.165) is 5.39 Å². The molecule has 7 nitrogen and oxygen atoms in total. The zero-order valence-corrected chi connectivity index (χ0v) is 15.2. The largest absolute Gasteiger partial charge is 0.274 e. The zero-order chi connectivity index (χ0) is 19.6. The van der Waals surface area contributed by atoms with Crippen molar-refractivity contribution in [3.05, 3.63) is 47.5 Å². The third-order valence-electron chi connectivity index (χ3n) is 4.49. The second-order valence-corrected chi connectivity index (χ2v) is 6.77. The number of hydrogen-bond acceptors (Lipinski definition) is 4. The van der Waals surface area contributed by atoms with Crippen LogP contribution in [0.4, 0.5) is 0 Å². The molecule has 1 aliphatic heterocycles. The van der Waals surface area contributed by atoms with Crippen molar-refractivity contribution < 1.29 is 19.2 Å². The number of amides is 4. The van der Waals surface area contributed by atoms with Crippen LogP contribution in [0.2, 0.25) is 0 Å². The maximum Gasteiger partial charge on any atom is 0.261 e. The molecule has 0 aromatic heterocycles. The highest BCUT2D eigenvalue weighted by Crippen LogP contribution is 2.29. The van der Waals surface area contributed by atoms with E-state index >= 15 is 0 Å². The predicted octanol–water partition coefficient (Wildman–Crippen LogP) is 2.02. The SMILES string of the molecule is CC(C)C(=O)NNC(=O)CCCN1C(=O)c2cccc3cccc(c23)C1=O. The van der Waals surface area contributed by atoms with Gasteiger partial charge < -0.3 is 0 Å². The lowest BCUT2D eigenvalue weighted by atomic mass is 9.94. The van der Waals surface area contributed by atoms with Gasteiger partial charge in [0.25, 0.3) is 11.8 Å². The van der Waals surface area contributed by atoms with Gasteiger partial charge in [0.15, 0.2) is 0 Å². The summed E-state index contributed by atoms with van der Waals surface area (Å²) < 4.78 is 0. The number of carbonyl (C=O) groups is 4. The topological polar surface area (TPSA) is 95.6 Å². The van der Waals surface area contributed by atoms with Gasteiger partial charge in [-0.2, -0.15) is 0 Å². The predicted molar refractivity (Wildman–Crippen MR) is 99.7 cm³/mol. The number of hydrazine groups is 1. The molecule has 0 bridgehead atoms. The molecule has 0 aliphatic carbocycles. The Balaban J connectivity index is 1.64. The zero-order valence-electron chi connectivity index (χ0n) is 15.2. The first-order chi connectivity index (χ1) is 12.9. The summed E-state index contributed by atoms with van der Waals surface area (Å²) in [4.78, 5) is 49.9. The third-order valence-corrected chi connectivity index (χ3v) is 4.49. The van der Waals surface area contributed by atoms with Crippen LogP contribution in [0.25, 0.3) is 10.8 Å². The van der Waals surface area contributed by atoms with E-state index in [9.17, 15) is 19.2 Å². The average Bonchev–Trinajstić information content (AvgIpc) is 2.66. The van der Waals surface area contributed by atoms with E-state index < -0.39 is 0 Å². The van der Waals surface area contributed by atoms with Crippen molar-refractivity contribution in [2.75, 3.05) is 6.54 Å². The number of imide groups is 1. The smallest absolute Gasteiger partial charge is 0.261 e. The highest BCUT2D eigenvalue weighted by Gasteiger charge is 2.32. The molecule has 3 rings (SSSR count). The molecule has 1 aliphatic rings. The molecular formula is C20H21N3O4. The van der Waals surface area contributed by atoms with Crippen molar-refractivity contribution in [3.63, 3.8) is 0 Å². The summed E-state index contributed by atoms with van der Waals surface area (Å²) in [5.74, 6) is -1.59. The molecule has 0 unspecified atom stereocenters. The molecular weight excluding hydrogens is 346 g/mol. The van der Waals surface area contributed by atoms with Crippen LogP contribution in [0.15, 0.2) is 36.4 Å². The lowest BCUT2D eigenvalue weighted by molar-refractivity contribution is -0.130. The van der Waals surface area contributed by atoms with Crippen molar-refractivity contribution in [1.82, 2.24) is 15.8 Å². The number of benzene rings is 2. The molecule has 0 radical (unpaired) electrons. The van der Waals surface area contributed by atoms with Crippen molar-refractivity contribution in [2.45, 2.75) is 26.7 Å². The fourth-order valence-corrected chi connectivity index (χ4v) is 3.02. The summed E-state index contributed by atoms with van der Waals surface area (Å²) in [5, 5.41) is 1.53. The van der Waals surface area contributed by atoms with Crippen LogP contribution < -0.4 is 10.9 Å². The molecule has 4 amide bonds. The first-order valence-electron chi connectivity index (χ1n) is 8.86. The summed E-state index contributed by atoms with van der Waals surface area (Å²) in [5.41, 5.74) is 5.65. The summed E-state index contributed by atoms with van der Waals surface area (Å²) in [6, 6.07) is 10.7. The van der Waals surface area contributed by atoms with Gasteiger partial charge in [-0.15, -0.1) is 0 Å². The maximum atomic E-state index is 12.7. The van der Waals surface area contributed by atoms with Crippen molar-refractivity contribution in [1.29, 1.82) is 0 Å². The van der Waals surface area contributed by atoms with Crippen LogP contribution in [0.1, 0.15) is 47.4 Å². The van der Waals surface area contributed by atoms with Crippen molar-refractivity contribution in [3.8, 4) is 0 Å². The Labute approximate surface area is 156 Å². The van der Waals surface area contributed by atoms with E-state index in [2.05, 4.69) is 10.9 Å². The number of carbonyl (C=O) groups excluding carboxylic acids is 4. The lowest BCUT2D eigenvalue weighted by Crippen LogP contribution is -2.44. The summed E-state index contributed by atoms with van der Waals surface area (Å²) in [7, 11) is 0. The van der Waals surface area contributed by atoms with E-state index in [-0.39, 0.29) is 42.5 Å². The van der Waals surface area contributed by atoms with E-state index in [1.54, 1.807) is 38.1 Å². The molecule has 1 heterocycles. The van der Waals surface area contributed by atoms with Gasteiger partial charge in [0.1, 0.15) is 0 Å². The Morgan fingerprint density at radius 2 is 1.56 bits per heavy atom. The van der Waals surface area contributed by atoms with Gasteiger partial charge in [-0.25, -0.2) is 0 Å². The van der Waals surface area contributed by atoms with Gasteiger partial charge in [0, 0.05) is 35.4 Å². The Bertz CT molecular complexity index is 885. The molecule has 0 fully saturated rings. The molecule has 2 aromatic carbocycles. The average molecular weight is 367 g/mol. The maximum absolute atomic E-state index is 12.7. The second kappa shape index (κ2) is 7.57.